The molecular weight excluding hydrogens is 264 g/mol. The van der Waals surface area contributed by atoms with Crippen molar-refractivity contribution in [2.75, 3.05) is 5.43 Å². The third-order valence-electron chi connectivity index (χ3n) is 3.39. The molecule has 5 heteroatoms. The number of ether oxygens (including phenoxy) is 1. The van der Waals surface area contributed by atoms with Crippen LogP contribution in [-0.4, -0.2) is 9.97 Å². The second kappa shape index (κ2) is 5.38. The SMILES string of the molecule is Cc1ccc(Oc2nc(NN)nc3ccccc23)cc1C. The number of benzene rings is 2. The van der Waals surface area contributed by atoms with Crippen molar-refractivity contribution in [1.82, 2.24) is 9.97 Å². The van der Waals surface area contributed by atoms with E-state index in [1.165, 1.54) is 11.1 Å². The predicted molar refractivity (Wildman–Crippen MR) is 83.3 cm³/mol. The summed E-state index contributed by atoms with van der Waals surface area (Å²) in [6.45, 7) is 4.11. The number of nitrogens with zero attached hydrogens (tertiary/aromatic N) is 2. The second-order valence-electron chi connectivity index (χ2n) is 4.86. The summed E-state index contributed by atoms with van der Waals surface area (Å²) in [7, 11) is 0. The summed E-state index contributed by atoms with van der Waals surface area (Å²) in [5.41, 5.74) is 5.63. The van der Waals surface area contributed by atoms with Gasteiger partial charge in [-0.2, -0.15) is 4.98 Å². The van der Waals surface area contributed by atoms with Crippen molar-refractivity contribution in [3.8, 4) is 11.6 Å². The number of hydrazine groups is 1. The van der Waals surface area contributed by atoms with Gasteiger partial charge in [0.1, 0.15) is 5.75 Å². The van der Waals surface area contributed by atoms with Crippen LogP contribution in [0.15, 0.2) is 42.5 Å². The number of anilines is 1. The minimum absolute atomic E-state index is 0.326. The fourth-order valence-corrected chi connectivity index (χ4v) is 2.08. The van der Waals surface area contributed by atoms with Crippen molar-refractivity contribution < 1.29 is 4.74 Å². The summed E-state index contributed by atoms with van der Waals surface area (Å²) < 4.78 is 5.92. The van der Waals surface area contributed by atoms with Gasteiger partial charge in [-0.3, -0.25) is 5.43 Å². The minimum atomic E-state index is 0.326. The van der Waals surface area contributed by atoms with E-state index in [-0.39, 0.29) is 0 Å². The van der Waals surface area contributed by atoms with Crippen LogP contribution < -0.4 is 16.0 Å². The number of fused-ring (bicyclic) bond motifs is 1. The molecule has 0 atom stereocenters. The highest BCUT2D eigenvalue weighted by Crippen LogP contribution is 2.29. The minimum Gasteiger partial charge on any atom is -0.438 e. The van der Waals surface area contributed by atoms with Crippen LogP contribution in [0.3, 0.4) is 0 Å². The van der Waals surface area contributed by atoms with Gasteiger partial charge in [0.05, 0.1) is 10.9 Å². The summed E-state index contributed by atoms with van der Waals surface area (Å²) in [5, 5.41) is 0.842. The Morgan fingerprint density at radius 3 is 2.57 bits per heavy atom. The first-order chi connectivity index (χ1) is 10.2. The van der Waals surface area contributed by atoms with Crippen LogP contribution in [0.1, 0.15) is 11.1 Å². The highest BCUT2D eigenvalue weighted by Gasteiger charge is 2.09. The maximum absolute atomic E-state index is 5.92. The summed E-state index contributed by atoms with van der Waals surface area (Å²) >= 11 is 0. The van der Waals surface area contributed by atoms with Gasteiger partial charge in [-0.1, -0.05) is 18.2 Å². The van der Waals surface area contributed by atoms with E-state index in [0.717, 1.165) is 16.7 Å². The maximum Gasteiger partial charge on any atom is 0.241 e. The van der Waals surface area contributed by atoms with Crippen molar-refractivity contribution in [3.05, 3.63) is 53.6 Å². The number of hydrogen-bond acceptors (Lipinski definition) is 5. The summed E-state index contributed by atoms with van der Waals surface area (Å²) in [6, 6.07) is 13.6. The first-order valence-electron chi connectivity index (χ1n) is 6.66. The highest BCUT2D eigenvalue weighted by molar-refractivity contribution is 5.84. The Morgan fingerprint density at radius 1 is 1.00 bits per heavy atom. The van der Waals surface area contributed by atoms with Crippen molar-refractivity contribution in [3.63, 3.8) is 0 Å². The number of aryl methyl sites for hydroxylation is 2. The standard InChI is InChI=1S/C16H16N4O/c1-10-7-8-12(9-11(10)2)21-15-13-5-3-4-6-14(13)18-16(19-15)20-17/h3-9H,17H2,1-2H3,(H,18,19,20). The molecule has 1 heterocycles. The normalized spacial score (nSPS) is 10.6. The Labute approximate surface area is 122 Å². The lowest BCUT2D eigenvalue weighted by Crippen LogP contribution is -2.11. The van der Waals surface area contributed by atoms with Crippen LogP contribution in [0, 0.1) is 13.8 Å². The molecule has 21 heavy (non-hydrogen) atoms. The molecule has 0 saturated heterocycles. The van der Waals surface area contributed by atoms with Crippen molar-refractivity contribution in [1.29, 1.82) is 0 Å². The van der Waals surface area contributed by atoms with Gasteiger partial charge in [0.15, 0.2) is 0 Å². The summed E-state index contributed by atoms with van der Waals surface area (Å²) in [5.74, 6) is 6.97. The molecule has 0 bridgehead atoms. The lowest BCUT2D eigenvalue weighted by atomic mass is 10.1. The van der Waals surface area contributed by atoms with Crippen LogP contribution in [-0.2, 0) is 0 Å². The Morgan fingerprint density at radius 2 is 1.81 bits per heavy atom. The van der Waals surface area contributed by atoms with Gasteiger partial charge in [-0.05, 0) is 49.2 Å². The molecule has 0 amide bonds. The van der Waals surface area contributed by atoms with E-state index >= 15 is 0 Å². The van der Waals surface area contributed by atoms with E-state index < -0.39 is 0 Å². The summed E-state index contributed by atoms with van der Waals surface area (Å²) in [4.78, 5) is 8.60. The Balaban J connectivity index is 2.08. The molecule has 0 saturated carbocycles. The Hall–Kier alpha value is -2.66. The highest BCUT2D eigenvalue weighted by atomic mass is 16.5. The molecule has 3 N–H and O–H groups in total. The molecule has 0 fully saturated rings. The average Bonchev–Trinajstić information content (AvgIpc) is 2.51. The van der Waals surface area contributed by atoms with E-state index in [2.05, 4.69) is 22.3 Å². The molecule has 0 aliphatic heterocycles. The molecule has 0 spiro atoms. The number of nitrogens with one attached hydrogen (secondary N) is 1. The number of nitrogen functional groups attached to an aromatic ring is 1. The fourth-order valence-electron chi connectivity index (χ4n) is 2.08. The zero-order chi connectivity index (χ0) is 14.8. The zero-order valence-electron chi connectivity index (χ0n) is 11.9. The molecule has 2 aromatic carbocycles. The lowest BCUT2D eigenvalue weighted by molar-refractivity contribution is 0.468. The molecule has 106 valence electrons. The molecule has 0 aliphatic rings. The van der Waals surface area contributed by atoms with E-state index in [4.69, 9.17) is 10.6 Å². The quantitative estimate of drug-likeness (QED) is 0.568. The second-order valence-corrected chi connectivity index (χ2v) is 4.86. The molecule has 3 rings (SSSR count). The predicted octanol–water partition coefficient (Wildman–Crippen LogP) is 3.32. The molecule has 3 aromatic rings. The van der Waals surface area contributed by atoms with Gasteiger partial charge in [-0.25, -0.2) is 10.8 Å². The van der Waals surface area contributed by atoms with Crippen molar-refractivity contribution in [2.24, 2.45) is 5.84 Å². The molecule has 0 aliphatic carbocycles. The maximum atomic E-state index is 5.92. The first kappa shape index (κ1) is 13.3. The number of aromatic nitrogens is 2. The Kier molecular flexibility index (Phi) is 3.41. The van der Waals surface area contributed by atoms with E-state index in [1.807, 2.05) is 49.4 Å². The molecule has 0 radical (unpaired) electrons. The van der Waals surface area contributed by atoms with Gasteiger partial charge in [-0.15, -0.1) is 0 Å². The number of rotatable bonds is 3. The van der Waals surface area contributed by atoms with Gasteiger partial charge < -0.3 is 4.74 Å². The average molecular weight is 280 g/mol. The van der Waals surface area contributed by atoms with Gasteiger partial charge in [0.2, 0.25) is 11.8 Å². The van der Waals surface area contributed by atoms with Crippen LogP contribution in [0.5, 0.6) is 11.6 Å². The third kappa shape index (κ3) is 2.64. The van der Waals surface area contributed by atoms with Crippen LogP contribution in [0.25, 0.3) is 10.9 Å². The number of nitrogens with two attached hydrogens (primary N) is 1. The van der Waals surface area contributed by atoms with Gasteiger partial charge >= 0.3 is 0 Å². The Bertz CT molecular complexity index is 801. The zero-order valence-corrected chi connectivity index (χ0v) is 11.9. The number of para-hydroxylation sites is 1. The third-order valence-corrected chi connectivity index (χ3v) is 3.39. The monoisotopic (exact) mass is 280 g/mol. The van der Waals surface area contributed by atoms with Gasteiger partial charge in [0.25, 0.3) is 0 Å². The largest absolute Gasteiger partial charge is 0.438 e. The lowest BCUT2D eigenvalue weighted by Gasteiger charge is -2.10. The smallest absolute Gasteiger partial charge is 0.241 e. The molecular formula is C16H16N4O. The van der Waals surface area contributed by atoms with Gasteiger partial charge in [0, 0.05) is 0 Å². The van der Waals surface area contributed by atoms with Crippen molar-refractivity contribution in [2.45, 2.75) is 13.8 Å². The molecule has 0 unspecified atom stereocenters. The van der Waals surface area contributed by atoms with E-state index in [0.29, 0.717) is 11.8 Å². The molecule has 5 nitrogen and oxygen atoms in total. The van der Waals surface area contributed by atoms with E-state index in [1.54, 1.807) is 0 Å². The topological polar surface area (TPSA) is 73.1 Å². The molecule has 1 aromatic heterocycles. The van der Waals surface area contributed by atoms with Crippen LogP contribution in [0.4, 0.5) is 5.95 Å². The summed E-state index contributed by atoms with van der Waals surface area (Å²) in [6.07, 6.45) is 0. The van der Waals surface area contributed by atoms with Crippen molar-refractivity contribution >= 4 is 16.9 Å². The van der Waals surface area contributed by atoms with E-state index in [9.17, 15) is 0 Å². The number of hydrogen-bond donors (Lipinski definition) is 2. The first-order valence-corrected chi connectivity index (χ1v) is 6.66. The van der Waals surface area contributed by atoms with Crippen LogP contribution >= 0.6 is 0 Å². The fraction of sp³-hybridized carbons (Fsp3) is 0.125. The van der Waals surface area contributed by atoms with Crippen LogP contribution in [0.2, 0.25) is 0 Å².